The number of pyridine rings is 1. The number of anilines is 1. The van der Waals surface area contributed by atoms with Crippen LogP contribution in [-0.2, 0) is 16.1 Å². The van der Waals surface area contributed by atoms with Gasteiger partial charge < -0.3 is 9.47 Å². The summed E-state index contributed by atoms with van der Waals surface area (Å²) in [4.78, 5) is 27.7. The van der Waals surface area contributed by atoms with Crippen LogP contribution in [0, 0.1) is 6.92 Å². The van der Waals surface area contributed by atoms with Crippen molar-refractivity contribution in [3.63, 3.8) is 0 Å². The van der Waals surface area contributed by atoms with Crippen LogP contribution in [0.5, 0.6) is 0 Å². The van der Waals surface area contributed by atoms with Crippen LogP contribution in [0.2, 0.25) is 0 Å². The Morgan fingerprint density at radius 1 is 1.00 bits per heavy atom. The molecule has 0 saturated carbocycles. The molecule has 0 unspecified atom stereocenters. The van der Waals surface area contributed by atoms with Crippen LogP contribution in [0.1, 0.15) is 21.5 Å². The number of nitrogens with zero attached hydrogens (tertiary/aromatic N) is 1. The van der Waals surface area contributed by atoms with Gasteiger partial charge in [-0.1, -0.05) is 42.0 Å². The Morgan fingerprint density at radius 2 is 1.79 bits per heavy atom. The minimum atomic E-state index is -0.542. The third-order valence-corrected chi connectivity index (χ3v) is 4.08. The van der Waals surface area contributed by atoms with Gasteiger partial charge in [-0.05, 0) is 36.2 Å². The number of ether oxygens (including phenoxy) is 2. The molecule has 0 fully saturated rings. The number of amides is 1. The number of nitrogens with one attached hydrogen (secondary N) is 1. The number of aryl methyl sites for hydroxylation is 1. The second kappa shape index (κ2) is 8.81. The smallest absolute Gasteiger partial charge is 0.411 e. The summed E-state index contributed by atoms with van der Waals surface area (Å²) in [6.07, 6.45) is 2.67. The fourth-order valence-corrected chi connectivity index (χ4v) is 2.62. The molecule has 0 aliphatic rings. The van der Waals surface area contributed by atoms with Crippen molar-refractivity contribution in [2.75, 3.05) is 12.4 Å². The van der Waals surface area contributed by atoms with E-state index in [0.29, 0.717) is 11.3 Å². The number of methoxy groups -OCH3 is 1. The molecule has 142 valence electrons. The fraction of sp³-hybridized carbons (Fsp3) is 0.136. The van der Waals surface area contributed by atoms with Crippen molar-refractivity contribution < 1.29 is 19.1 Å². The van der Waals surface area contributed by atoms with Crippen molar-refractivity contribution in [3.8, 4) is 11.1 Å². The molecular weight excluding hydrogens is 356 g/mol. The summed E-state index contributed by atoms with van der Waals surface area (Å²) >= 11 is 0. The number of aromatic nitrogens is 1. The largest absolute Gasteiger partial charge is 0.457 e. The summed E-state index contributed by atoms with van der Waals surface area (Å²) in [5, 5.41) is 2.56. The molecule has 6 heteroatoms. The highest BCUT2D eigenvalue weighted by Crippen LogP contribution is 2.21. The SMILES string of the molecule is COC(=O)Nc1ccc(COC(=O)c2cncc(-c3cccc(C)c3)c2)cc1. The van der Waals surface area contributed by atoms with Crippen LogP contribution < -0.4 is 5.32 Å². The number of hydrogen-bond acceptors (Lipinski definition) is 5. The molecule has 6 nitrogen and oxygen atoms in total. The summed E-state index contributed by atoms with van der Waals surface area (Å²) in [5.74, 6) is -0.446. The lowest BCUT2D eigenvalue weighted by molar-refractivity contribution is 0.0472. The molecule has 1 amide bonds. The van der Waals surface area contributed by atoms with E-state index >= 15 is 0 Å². The Balaban J connectivity index is 1.64. The van der Waals surface area contributed by atoms with E-state index in [-0.39, 0.29) is 6.61 Å². The van der Waals surface area contributed by atoms with Crippen LogP contribution >= 0.6 is 0 Å². The van der Waals surface area contributed by atoms with E-state index in [9.17, 15) is 9.59 Å². The van der Waals surface area contributed by atoms with Crippen molar-refractivity contribution >= 4 is 17.7 Å². The zero-order valence-corrected chi connectivity index (χ0v) is 15.6. The van der Waals surface area contributed by atoms with Gasteiger partial charge in [-0.2, -0.15) is 0 Å². The molecule has 2 aromatic carbocycles. The van der Waals surface area contributed by atoms with E-state index in [2.05, 4.69) is 15.0 Å². The van der Waals surface area contributed by atoms with E-state index in [1.54, 1.807) is 36.5 Å². The lowest BCUT2D eigenvalue weighted by Crippen LogP contribution is -2.11. The second-order valence-electron chi connectivity index (χ2n) is 6.22. The Kier molecular flexibility index (Phi) is 6.01. The summed E-state index contributed by atoms with van der Waals surface area (Å²) in [5.41, 5.74) is 4.77. The zero-order chi connectivity index (χ0) is 19.9. The van der Waals surface area contributed by atoms with Gasteiger partial charge in [0.1, 0.15) is 6.61 Å². The lowest BCUT2D eigenvalue weighted by Gasteiger charge is -2.08. The highest BCUT2D eigenvalue weighted by Gasteiger charge is 2.10. The monoisotopic (exact) mass is 376 g/mol. The molecule has 1 aromatic heterocycles. The molecule has 0 saturated heterocycles. The summed E-state index contributed by atoms with van der Waals surface area (Å²) in [7, 11) is 1.30. The molecule has 0 atom stereocenters. The van der Waals surface area contributed by atoms with Gasteiger partial charge in [-0.3, -0.25) is 10.3 Å². The van der Waals surface area contributed by atoms with Gasteiger partial charge in [0.2, 0.25) is 0 Å². The van der Waals surface area contributed by atoms with Crippen LogP contribution in [0.15, 0.2) is 67.0 Å². The molecule has 0 spiro atoms. The van der Waals surface area contributed by atoms with Crippen molar-refractivity contribution in [2.24, 2.45) is 0 Å². The average Bonchev–Trinajstić information content (AvgIpc) is 2.73. The third kappa shape index (κ3) is 4.94. The van der Waals surface area contributed by atoms with Gasteiger partial charge in [0.15, 0.2) is 0 Å². The summed E-state index contributed by atoms with van der Waals surface area (Å²) < 4.78 is 9.91. The standard InChI is InChI=1S/C22H20N2O4/c1-15-4-3-5-17(10-15)18-11-19(13-23-12-18)21(25)28-14-16-6-8-20(9-7-16)24-22(26)27-2/h3-13H,14H2,1-2H3,(H,24,26). The van der Waals surface area contributed by atoms with Gasteiger partial charge >= 0.3 is 12.1 Å². The van der Waals surface area contributed by atoms with Gasteiger partial charge in [0.05, 0.1) is 12.7 Å². The number of esters is 1. The molecule has 0 radical (unpaired) electrons. The van der Waals surface area contributed by atoms with Crippen molar-refractivity contribution in [3.05, 3.63) is 83.7 Å². The van der Waals surface area contributed by atoms with Gasteiger partial charge in [0, 0.05) is 23.6 Å². The summed E-state index contributed by atoms with van der Waals surface area (Å²) in [6.45, 7) is 2.13. The van der Waals surface area contributed by atoms with Crippen molar-refractivity contribution in [1.29, 1.82) is 0 Å². The Bertz CT molecular complexity index is 984. The molecule has 0 aliphatic carbocycles. The van der Waals surface area contributed by atoms with Crippen LogP contribution in [0.25, 0.3) is 11.1 Å². The highest BCUT2D eigenvalue weighted by molar-refractivity contribution is 5.90. The molecule has 0 bridgehead atoms. The zero-order valence-electron chi connectivity index (χ0n) is 15.6. The number of benzene rings is 2. The molecule has 0 aliphatic heterocycles. The molecular formula is C22H20N2O4. The Labute approximate surface area is 163 Å². The van der Waals surface area contributed by atoms with Crippen LogP contribution in [0.4, 0.5) is 10.5 Å². The molecule has 28 heavy (non-hydrogen) atoms. The van der Waals surface area contributed by atoms with Crippen molar-refractivity contribution in [2.45, 2.75) is 13.5 Å². The van der Waals surface area contributed by atoms with E-state index in [0.717, 1.165) is 22.3 Å². The fourth-order valence-electron chi connectivity index (χ4n) is 2.62. The highest BCUT2D eigenvalue weighted by atomic mass is 16.5. The topological polar surface area (TPSA) is 77.5 Å². The first kappa shape index (κ1) is 19.1. The van der Waals surface area contributed by atoms with Gasteiger partial charge in [-0.25, -0.2) is 9.59 Å². The van der Waals surface area contributed by atoms with E-state index < -0.39 is 12.1 Å². The number of rotatable bonds is 5. The maximum atomic E-state index is 12.4. The van der Waals surface area contributed by atoms with E-state index in [1.165, 1.54) is 13.3 Å². The Hall–Kier alpha value is -3.67. The Morgan fingerprint density at radius 3 is 2.50 bits per heavy atom. The number of hydrogen-bond donors (Lipinski definition) is 1. The first-order valence-corrected chi connectivity index (χ1v) is 8.68. The van der Waals surface area contributed by atoms with Gasteiger partial charge in [0.25, 0.3) is 0 Å². The minimum Gasteiger partial charge on any atom is -0.457 e. The normalized spacial score (nSPS) is 10.2. The second-order valence-corrected chi connectivity index (χ2v) is 6.22. The van der Waals surface area contributed by atoms with Crippen LogP contribution in [0.3, 0.4) is 0 Å². The molecule has 1 N–H and O–H groups in total. The third-order valence-electron chi connectivity index (χ3n) is 4.08. The molecule has 3 aromatic rings. The number of carbonyl (C=O) groups excluding carboxylic acids is 2. The first-order chi connectivity index (χ1) is 13.5. The predicted octanol–water partition coefficient (Wildman–Crippen LogP) is 4.59. The van der Waals surface area contributed by atoms with Crippen LogP contribution in [-0.4, -0.2) is 24.2 Å². The maximum Gasteiger partial charge on any atom is 0.411 e. The first-order valence-electron chi connectivity index (χ1n) is 8.68. The van der Waals surface area contributed by atoms with Crippen molar-refractivity contribution in [1.82, 2.24) is 4.98 Å². The number of carbonyl (C=O) groups is 2. The van der Waals surface area contributed by atoms with E-state index in [1.807, 2.05) is 31.2 Å². The van der Waals surface area contributed by atoms with E-state index in [4.69, 9.17) is 4.74 Å². The quantitative estimate of drug-likeness (QED) is 0.659. The van der Waals surface area contributed by atoms with Gasteiger partial charge in [-0.15, -0.1) is 0 Å². The average molecular weight is 376 g/mol. The molecule has 1 heterocycles. The molecule has 3 rings (SSSR count). The summed E-state index contributed by atoms with van der Waals surface area (Å²) in [6, 6.07) is 16.7. The predicted molar refractivity (Wildman–Crippen MR) is 106 cm³/mol. The lowest BCUT2D eigenvalue weighted by atomic mass is 10.0. The maximum absolute atomic E-state index is 12.4. The minimum absolute atomic E-state index is 0.117.